The van der Waals surface area contributed by atoms with Crippen molar-refractivity contribution in [2.75, 3.05) is 6.54 Å². The van der Waals surface area contributed by atoms with Gasteiger partial charge in [0, 0.05) is 6.42 Å². The number of benzene rings is 1. The van der Waals surface area contributed by atoms with Crippen molar-refractivity contribution in [1.29, 1.82) is 0 Å². The van der Waals surface area contributed by atoms with Crippen molar-refractivity contribution >= 4 is 11.9 Å². The van der Waals surface area contributed by atoms with Gasteiger partial charge in [-0.15, -0.1) is 0 Å². The fourth-order valence-corrected chi connectivity index (χ4v) is 2.56. The second-order valence-electron chi connectivity index (χ2n) is 6.43. The van der Waals surface area contributed by atoms with Gasteiger partial charge in [-0.1, -0.05) is 39.0 Å². The first-order valence-electron chi connectivity index (χ1n) is 7.04. The lowest BCUT2D eigenvalue weighted by molar-refractivity contribution is -0.151. The molecule has 0 spiro atoms. The summed E-state index contributed by atoms with van der Waals surface area (Å²) in [5.74, 6) is -1.80. The fraction of sp³-hybridized carbons (Fsp3) is 0.500. The van der Waals surface area contributed by atoms with E-state index in [1.54, 1.807) is 20.8 Å². The zero-order valence-corrected chi connectivity index (χ0v) is 12.6. The Kier molecular flexibility index (Phi) is 4.21. The van der Waals surface area contributed by atoms with Gasteiger partial charge in [-0.3, -0.25) is 9.59 Å². The summed E-state index contributed by atoms with van der Waals surface area (Å²) in [7, 11) is 0. The predicted octanol–water partition coefficient (Wildman–Crippen LogP) is 1.85. The van der Waals surface area contributed by atoms with E-state index in [9.17, 15) is 14.7 Å². The minimum absolute atomic E-state index is 0.138. The molecule has 1 aromatic carbocycles. The molecule has 5 nitrogen and oxygen atoms in total. The molecule has 1 amide bonds. The molecule has 0 aliphatic carbocycles. The third-order valence-electron chi connectivity index (χ3n) is 3.59. The topological polar surface area (TPSA) is 75.6 Å². The Balaban J connectivity index is 1.92. The average molecular weight is 291 g/mol. The smallest absolute Gasteiger partial charge is 0.316 e. The summed E-state index contributed by atoms with van der Waals surface area (Å²) in [6, 6.07) is 7.74. The molecule has 114 valence electrons. The molecular formula is C16H21NO4. The summed E-state index contributed by atoms with van der Waals surface area (Å²) < 4.78 is 5.72. The molecule has 0 saturated carbocycles. The van der Waals surface area contributed by atoms with Crippen LogP contribution in [0.15, 0.2) is 24.3 Å². The molecule has 2 N–H and O–H groups in total. The average Bonchev–Trinajstić information content (AvgIpc) is 2.76. The van der Waals surface area contributed by atoms with Crippen LogP contribution in [0.2, 0.25) is 0 Å². The zero-order chi connectivity index (χ0) is 15.6. The molecular weight excluding hydrogens is 270 g/mol. The van der Waals surface area contributed by atoms with Gasteiger partial charge in [0.05, 0.1) is 6.54 Å². The lowest BCUT2D eigenvalue weighted by Gasteiger charge is -2.26. The minimum Gasteiger partial charge on any atom is -0.488 e. The molecule has 2 unspecified atom stereocenters. The van der Waals surface area contributed by atoms with Crippen LogP contribution in [-0.4, -0.2) is 29.6 Å². The van der Waals surface area contributed by atoms with Gasteiger partial charge in [-0.2, -0.15) is 0 Å². The van der Waals surface area contributed by atoms with E-state index in [2.05, 4.69) is 5.32 Å². The van der Waals surface area contributed by atoms with Gasteiger partial charge < -0.3 is 15.2 Å². The van der Waals surface area contributed by atoms with Crippen LogP contribution in [0.4, 0.5) is 0 Å². The van der Waals surface area contributed by atoms with E-state index in [1.807, 2.05) is 24.3 Å². The zero-order valence-electron chi connectivity index (χ0n) is 12.6. The van der Waals surface area contributed by atoms with E-state index < -0.39 is 23.2 Å². The number of carbonyl (C=O) groups is 2. The van der Waals surface area contributed by atoms with Crippen LogP contribution in [0, 0.1) is 11.3 Å². The molecule has 1 aromatic rings. The van der Waals surface area contributed by atoms with Gasteiger partial charge in [0.1, 0.15) is 17.8 Å². The molecule has 0 saturated heterocycles. The number of carboxylic acids is 1. The Morgan fingerprint density at radius 2 is 2.05 bits per heavy atom. The maximum atomic E-state index is 12.1. The molecule has 21 heavy (non-hydrogen) atoms. The van der Waals surface area contributed by atoms with E-state index in [0.29, 0.717) is 6.54 Å². The first-order valence-corrected chi connectivity index (χ1v) is 7.04. The van der Waals surface area contributed by atoms with E-state index >= 15 is 0 Å². The van der Waals surface area contributed by atoms with Crippen LogP contribution in [0.5, 0.6) is 5.75 Å². The summed E-state index contributed by atoms with van der Waals surface area (Å²) in [5, 5.41) is 11.9. The predicted molar refractivity (Wildman–Crippen MR) is 78.2 cm³/mol. The van der Waals surface area contributed by atoms with Crippen molar-refractivity contribution in [1.82, 2.24) is 5.32 Å². The first-order chi connectivity index (χ1) is 9.79. The number of carbonyl (C=O) groups excluding carboxylic acids is 1. The van der Waals surface area contributed by atoms with E-state index in [1.165, 1.54) is 0 Å². The number of nitrogens with one attached hydrogen (secondary N) is 1. The highest BCUT2D eigenvalue weighted by atomic mass is 16.5. The standard InChI is InChI=1S/C16H21NO4/c1-16(2,3)13(15(19)20)14(18)17-9-11-8-10-6-4-5-7-12(10)21-11/h4-7,11,13H,8-9H2,1-3H3,(H,17,18)(H,19,20). The van der Waals surface area contributed by atoms with Gasteiger partial charge in [-0.05, 0) is 17.0 Å². The van der Waals surface area contributed by atoms with Crippen molar-refractivity contribution in [3.8, 4) is 5.75 Å². The van der Waals surface area contributed by atoms with E-state index in [0.717, 1.165) is 17.7 Å². The van der Waals surface area contributed by atoms with Crippen LogP contribution >= 0.6 is 0 Å². The molecule has 0 fully saturated rings. The van der Waals surface area contributed by atoms with Crippen molar-refractivity contribution < 1.29 is 19.4 Å². The van der Waals surface area contributed by atoms with E-state index in [-0.39, 0.29) is 6.10 Å². The lowest BCUT2D eigenvalue weighted by Crippen LogP contribution is -2.45. The maximum Gasteiger partial charge on any atom is 0.316 e. The SMILES string of the molecule is CC(C)(C)C(C(=O)O)C(=O)NCC1Cc2ccccc2O1. The highest BCUT2D eigenvalue weighted by Crippen LogP contribution is 2.29. The molecule has 5 heteroatoms. The Morgan fingerprint density at radius 3 is 2.62 bits per heavy atom. The number of hydrogen-bond donors (Lipinski definition) is 2. The molecule has 0 radical (unpaired) electrons. The Labute approximate surface area is 124 Å². The quantitative estimate of drug-likeness (QED) is 0.830. The largest absolute Gasteiger partial charge is 0.488 e. The third kappa shape index (κ3) is 3.54. The van der Waals surface area contributed by atoms with Crippen LogP contribution in [0.25, 0.3) is 0 Å². The normalized spacial score (nSPS) is 18.5. The second kappa shape index (κ2) is 5.76. The summed E-state index contributed by atoms with van der Waals surface area (Å²) in [4.78, 5) is 23.4. The summed E-state index contributed by atoms with van der Waals surface area (Å²) in [6.45, 7) is 5.54. The number of fused-ring (bicyclic) bond motifs is 1. The molecule has 1 heterocycles. The minimum atomic E-state index is -1.10. The number of aliphatic carboxylic acids is 1. The molecule has 1 aliphatic heterocycles. The summed E-state index contributed by atoms with van der Waals surface area (Å²) >= 11 is 0. The number of ether oxygens (including phenoxy) is 1. The van der Waals surface area contributed by atoms with Crippen molar-refractivity contribution in [2.24, 2.45) is 11.3 Å². The van der Waals surface area contributed by atoms with Crippen LogP contribution < -0.4 is 10.1 Å². The first kappa shape index (κ1) is 15.4. The van der Waals surface area contributed by atoms with Crippen LogP contribution in [0.1, 0.15) is 26.3 Å². The summed E-state index contributed by atoms with van der Waals surface area (Å²) in [6.07, 6.45) is 0.588. The van der Waals surface area contributed by atoms with Gasteiger partial charge >= 0.3 is 5.97 Å². The molecule has 1 aliphatic rings. The van der Waals surface area contributed by atoms with Crippen molar-refractivity contribution in [3.05, 3.63) is 29.8 Å². The Hall–Kier alpha value is -2.04. The highest BCUT2D eigenvalue weighted by Gasteiger charge is 2.38. The molecule has 0 aromatic heterocycles. The maximum absolute atomic E-state index is 12.1. The third-order valence-corrected chi connectivity index (χ3v) is 3.59. The Bertz CT molecular complexity index is 522. The number of para-hydroxylation sites is 1. The number of amides is 1. The second-order valence-corrected chi connectivity index (χ2v) is 6.43. The lowest BCUT2D eigenvalue weighted by atomic mass is 9.80. The van der Waals surface area contributed by atoms with Gasteiger partial charge in [0.15, 0.2) is 0 Å². The molecule has 2 atom stereocenters. The molecule has 0 bridgehead atoms. The number of rotatable bonds is 4. The number of carboxylic acid groups (broad SMARTS) is 1. The van der Waals surface area contributed by atoms with Crippen LogP contribution in [0.3, 0.4) is 0 Å². The van der Waals surface area contributed by atoms with Gasteiger partial charge in [0.2, 0.25) is 5.91 Å². The van der Waals surface area contributed by atoms with Crippen LogP contribution in [-0.2, 0) is 16.0 Å². The number of hydrogen-bond acceptors (Lipinski definition) is 3. The van der Waals surface area contributed by atoms with Crippen molar-refractivity contribution in [3.63, 3.8) is 0 Å². The molecule has 2 rings (SSSR count). The monoisotopic (exact) mass is 291 g/mol. The van der Waals surface area contributed by atoms with Gasteiger partial charge in [-0.25, -0.2) is 0 Å². The Morgan fingerprint density at radius 1 is 1.38 bits per heavy atom. The fourth-order valence-electron chi connectivity index (χ4n) is 2.56. The summed E-state index contributed by atoms with van der Waals surface area (Å²) in [5.41, 5.74) is 0.484. The van der Waals surface area contributed by atoms with Gasteiger partial charge in [0.25, 0.3) is 0 Å². The van der Waals surface area contributed by atoms with E-state index in [4.69, 9.17) is 4.74 Å². The van der Waals surface area contributed by atoms with Crippen molar-refractivity contribution in [2.45, 2.75) is 33.3 Å². The highest BCUT2D eigenvalue weighted by molar-refractivity contribution is 5.97.